The molecule has 0 radical (unpaired) electrons. The van der Waals surface area contributed by atoms with Gasteiger partial charge in [-0.15, -0.1) is 0 Å². The maximum absolute atomic E-state index is 2.53. The molecule has 0 N–H and O–H groups in total. The van der Waals surface area contributed by atoms with Crippen molar-refractivity contribution in [3.8, 4) is 44.9 Å². The molecule has 2 heterocycles. The summed E-state index contributed by atoms with van der Waals surface area (Å²) < 4.78 is 4.95. The van der Waals surface area contributed by atoms with E-state index in [2.05, 4.69) is 203 Å². The molecule has 53 heavy (non-hydrogen) atoms. The molecule has 12 rings (SSSR count). The van der Waals surface area contributed by atoms with Crippen molar-refractivity contribution >= 4 is 32.7 Å². The molecule has 0 amide bonds. The third-order valence-electron chi connectivity index (χ3n) is 11.9. The van der Waals surface area contributed by atoms with E-state index in [1.807, 2.05) is 0 Å². The first-order valence-electron chi connectivity index (χ1n) is 18.4. The summed E-state index contributed by atoms with van der Waals surface area (Å²) in [5, 5.41) is 3.75. The fourth-order valence-corrected chi connectivity index (χ4v) is 9.91. The van der Waals surface area contributed by atoms with E-state index in [0.717, 1.165) is 5.69 Å². The lowest BCUT2D eigenvalue weighted by Crippen LogP contribution is -2.26. The summed E-state index contributed by atoms with van der Waals surface area (Å²) in [6.45, 7) is 0. The quantitative estimate of drug-likeness (QED) is 0.177. The van der Waals surface area contributed by atoms with Crippen LogP contribution in [0, 0.1) is 0 Å². The van der Waals surface area contributed by atoms with Gasteiger partial charge >= 0.3 is 0 Å². The monoisotopic (exact) mass is 672 g/mol. The van der Waals surface area contributed by atoms with Crippen LogP contribution in [0.3, 0.4) is 0 Å². The molecule has 0 aliphatic heterocycles. The molecule has 0 atom stereocenters. The third kappa shape index (κ3) is 3.67. The first-order chi connectivity index (χ1) is 26.3. The van der Waals surface area contributed by atoms with E-state index in [-0.39, 0.29) is 0 Å². The fraction of sp³-hybridized carbons (Fsp3) is 0.0196. The van der Waals surface area contributed by atoms with Gasteiger partial charge in [0.25, 0.3) is 0 Å². The van der Waals surface area contributed by atoms with Gasteiger partial charge in [-0.2, -0.15) is 0 Å². The summed E-state index contributed by atoms with van der Waals surface area (Å²) in [5.41, 5.74) is 18.6. The Hall–Kier alpha value is -6.90. The zero-order chi connectivity index (χ0) is 34.7. The normalized spacial score (nSPS) is 13.4. The molecule has 0 unspecified atom stereocenters. The minimum Gasteiger partial charge on any atom is -0.309 e. The van der Waals surface area contributed by atoms with Crippen molar-refractivity contribution in [2.45, 2.75) is 5.41 Å². The molecule has 246 valence electrons. The van der Waals surface area contributed by atoms with E-state index < -0.39 is 5.41 Å². The van der Waals surface area contributed by atoms with Crippen molar-refractivity contribution in [2.24, 2.45) is 0 Å². The van der Waals surface area contributed by atoms with Gasteiger partial charge < -0.3 is 9.13 Å². The Labute approximate surface area is 307 Å². The molecule has 1 spiro atoms. The SMILES string of the molecule is c1ccc(-c2cc3c(ccc4c5ccccc5n(-c5ccc6c(c5)C5(c7ccccc7-c7ccccc75)c5ccccc5-6)c43)n2-c2ccccc2)cc1. The maximum Gasteiger partial charge on any atom is 0.0726 e. The smallest absolute Gasteiger partial charge is 0.0726 e. The Kier molecular flexibility index (Phi) is 5.73. The molecule has 0 bridgehead atoms. The zero-order valence-corrected chi connectivity index (χ0v) is 28.9. The van der Waals surface area contributed by atoms with Gasteiger partial charge in [0, 0.05) is 27.5 Å². The van der Waals surface area contributed by atoms with Gasteiger partial charge in [0.2, 0.25) is 0 Å². The average molecular weight is 673 g/mol. The van der Waals surface area contributed by atoms with Gasteiger partial charge in [0.05, 0.1) is 27.7 Å². The highest BCUT2D eigenvalue weighted by molar-refractivity contribution is 6.19. The number of para-hydroxylation sites is 2. The van der Waals surface area contributed by atoms with Crippen molar-refractivity contribution in [1.29, 1.82) is 0 Å². The predicted octanol–water partition coefficient (Wildman–Crippen LogP) is 12.7. The second kappa shape index (κ2) is 10.6. The van der Waals surface area contributed by atoms with Crippen molar-refractivity contribution in [2.75, 3.05) is 0 Å². The van der Waals surface area contributed by atoms with E-state index >= 15 is 0 Å². The molecule has 0 saturated carbocycles. The number of hydrogen-bond acceptors (Lipinski definition) is 0. The molecule has 2 aromatic heterocycles. The summed E-state index contributed by atoms with van der Waals surface area (Å²) >= 11 is 0. The van der Waals surface area contributed by atoms with E-state index in [0.29, 0.717) is 0 Å². The highest BCUT2D eigenvalue weighted by atomic mass is 15.0. The van der Waals surface area contributed by atoms with Gasteiger partial charge in [0.15, 0.2) is 0 Å². The van der Waals surface area contributed by atoms with Crippen LogP contribution in [0.1, 0.15) is 22.3 Å². The standard InChI is InChI=1S/C51H32N2/c1-3-15-33(16-4-1)49-32-42-48(52(49)34-17-5-2-6-18-34)30-29-41-40-22-10-14-26-47(40)53(50(41)42)35-27-28-39-38-21-9-13-25-45(38)51(46(39)31-35)43-23-11-7-19-36(43)37-20-8-12-24-44(37)51/h1-32H. The van der Waals surface area contributed by atoms with Crippen molar-refractivity contribution in [1.82, 2.24) is 9.13 Å². The van der Waals surface area contributed by atoms with E-state index in [9.17, 15) is 0 Å². The van der Waals surface area contributed by atoms with Crippen molar-refractivity contribution < 1.29 is 0 Å². The predicted molar refractivity (Wildman–Crippen MR) is 219 cm³/mol. The first-order valence-corrected chi connectivity index (χ1v) is 18.4. The third-order valence-corrected chi connectivity index (χ3v) is 11.9. The van der Waals surface area contributed by atoms with Crippen LogP contribution in [0.2, 0.25) is 0 Å². The molecule has 10 aromatic rings. The number of fused-ring (bicyclic) bond motifs is 15. The lowest BCUT2D eigenvalue weighted by atomic mass is 9.70. The van der Waals surface area contributed by atoms with Crippen LogP contribution in [0.25, 0.3) is 77.6 Å². The minimum atomic E-state index is -0.402. The van der Waals surface area contributed by atoms with Crippen LogP contribution in [-0.4, -0.2) is 9.13 Å². The van der Waals surface area contributed by atoms with Crippen LogP contribution >= 0.6 is 0 Å². The topological polar surface area (TPSA) is 9.86 Å². The maximum atomic E-state index is 2.53. The Bertz CT molecular complexity index is 3040. The van der Waals surface area contributed by atoms with Gasteiger partial charge in [-0.25, -0.2) is 0 Å². The Morgan fingerprint density at radius 1 is 0.321 bits per heavy atom. The van der Waals surface area contributed by atoms with Crippen molar-refractivity contribution in [3.63, 3.8) is 0 Å². The van der Waals surface area contributed by atoms with E-state index in [1.165, 1.54) is 94.2 Å². The van der Waals surface area contributed by atoms with Gasteiger partial charge in [-0.3, -0.25) is 0 Å². The molecule has 0 saturated heterocycles. The molecular formula is C51H32N2. The lowest BCUT2D eigenvalue weighted by Gasteiger charge is -2.30. The Morgan fingerprint density at radius 2 is 0.868 bits per heavy atom. The van der Waals surface area contributed by atoms with Crippen LogP contribution in [-0.2, 0) is 5.41 Å². The zero-order valence-electron chi connectivity index (χ0n) is 28.9. The second-order valence-corrected chi connectivity index (χ2v) is 14.4. The minimum absolute atomic E-state index is 0.402. The molecule has 2 aliphatic rings. The van der Waals surface area contributed by atoms with Crippen LogP contribution in [0.15, 0.2) is 194 Å². The summed E-state index contributed by atoms with van der Waals surface area (Å²) in [4.78, 5) is 0. The van der Waals surface area contributed by atoms with Crippen LogP contribution in [0.4, 0.5) is 0 Å². The van der Waals surface area contributed by atoms with Gasteiger partial charge in [-0.05, 0) is 92.5 Å². The lowest BCUT2D eigenvalue weighted by molar-refractivity contribution is 0.792. The summed E-state index contributed by atoms with van der Waals surface area (Å²) in [7, 11) is 0. The number of aromatic nitrogens is 2. The van der Waals surface area contributed by atoms with E-state index in [4.69, 9.17) is 0 Å². The largest absolute Gasteiger partial charge is 0.309 e. The second-order valence-electron chi connectivity index (χ2n) is 14.4. The molecule has 8 aromatic carbocycles. The number of rotatable bonds is 3. The highest BCUT2D eigenvalue weighted by Crippen LogP contribution is 2.63. The molecule has 2 heteroatoms. The number of hydrogen-bond donors (Lipinski definition) is 0. The van der Waals surface area contributed by atoms with E-state index in [1.54, 1.807) is 0 Å². The average Bonchev–Trinajstić information content (AvgIpc) is 3.95. The fourth-order valence-electron chi connectivity index (χ4n) is 9.91. The van der Waals surface area contributed by atoms with Crippen LogP contribution in [0.5, 0.6) is 0 Å². The molecule has 2 nitrogen and oxygen atoms in total. The molecular weight excluding hydrogens is 641 g/mol. The Morgan fingerprint density at radius 3 is 1.55 bits per heavy atom. The summed E-state index contributed by atoms with van der Waals surface area (Å²) in [5.74, 6) is 0. The first kappa shape index (κ1) is 28.8. The number of nitrogens with zero attached hydrogens (tertiary/aromatic N) is 2. The van der Waals surface area contributed by atoms with Crippen molar-refractivity contribution in [3.05, 3.63) is 216 Å². The number of benzene rings is 8. The van der Waals surface area contributed by atoms with Gasteiger partial charge in [0.1, 0.15) is 0 Å². The Balaban J connectivity index is 1.20. The highest BCUT2D eigenvalue weighted by Gasteiger charge is 2.51. The summed E-state index contributed by atoms with van der Waals surface area (Å²) in [6, 6.07) is 71.9. The van der Waals surface area contributed by atoms with Crippen LogP contribution < -0.4 is 0 Å². The molecule has 0 fully saturated rings. The van der Waals surface area contributed by atoms with Gasteiger partial charge in [-0.1, -0.05) is 152 Å². The summed E-state index contributed by atoms with van der Waals surface area (Å²) in [6.07, 6.45) is 0. The molecule has 2 aliphatic carbocycles.